The highest BCUT2D eigenvalue weighted by molar-refractivity contribution is 6.17. The minimum absolute atomic E-state index is 0.594. The zero-order valence-electron chi connectivity index (χ0n) is 12.4. The zero-order chi connectivity index (χ0) is 14.8. The zero-order valence-corrected chi connectivity index (χ0v) is 13.2. The minimum Gasteiger partial charge on any atom is -0.323 e. The Balaban J connectivity index is 2.08. The summed E-state index contributed by atoms with van der Waals surface area (Å²) in [4.78, 5) is 4.79. The van der Waals surface area contributed by atoms with Gasteiger partial charge < -0.3 is 4.57 Å². The topological polar surface area (TPSA) is 17.8 Å². The van der Waals surface area contributed by atoms with Crippen LogP contribution >= 0.6 is 11.6 Å². The average molecular weight is 299 g/mol. The van der Waals surface area contributed by atoms with Crippen molar-refractivity contribution in [3.8, 4) is 0 Å². The molecule has 0 aliphatic carbocycles. The first-order chi connectivity index (χ1) is 10.2. The molecule has 2 nitrogen and oxygen atoms in total. The van der Waals surface area contributed by atoms with Gasteiger partial charge in [-0.1, -0.05) is 42.0 Å². The number of aryl methyl sites for hydroxylation is 3. The standard InChI is InChI=1S/C18H19ClN2/c1-13-6-8-15(9-7-13)12-21-16-5-3-4-14(2)18(16)20-17(21)10-11-19/h3-9H,10-12H2,1-2H3. The average Bonchev–Trinajstić information content (AvgIpc) is 2.82. The lowest BCUT2D eigenvalue weighted by Gasteiger charge is -2.09. The third-order valence-corrected chi connectivity index (χ3v) is 4.03. The maximum absolute atomic E-state index is 5.95. The number of imidazole rings is 1. The molecule has 2 aromatic carbocycles. The number of nitrogens with zero attached hydrogens (tertiary/aromatic N) is 2. The molecule has 21 heavy (non-hydrogen) atoms. The molecule has 0 aliphatic heterocycles. The van der Waals surface area contributed by atoms with Gasteiger partial charge in [0.25, 0.3) is 0 Å². The highest BCUT2D eigenvalue weighted by Crippen LogP contribution is 2.21. The van der Waals surface area contributed by atoms with Crippen molar-refractivity contribution in [2.45, 2.75) is 26.8 Å². The second-order valence-electron chi connectivity index (χ2n) is 5.48. The molecule has 0 unspecified atom stereocenters. The van der Waals surface area contributed by atoms with E-state index in [1.54, 1.807) is 0 Å². The van der Waals surface area contributed by atoms with E-state index in [2.05, 4.69) is 60.9 Å². The summed E-state index contributed by atoms with van der Waals surface area (Å²) in [6, 6.07) is 15.0. The van der Waals surface area contributed by atoms with Gasteiger partial charge in [-0.25, -0.2) is 4.98 Å². The summed E-state index contributed by atoms with van der Waals surface area (Å²) in [5, 5.41) is 0. The fraction of sp³-hybridized carbons (Fsp3) is 0.278. The van der Waals surface area contributed by atoms with Crippen LogP contribution in [0.5, 0.6) is 0 Å². The van der Waals surface area contributed by atoms with E-state index in [-0.39, 0.29) is 0 Å². The molecular formula is C18H19ClN2. The Kier molecular flexibility index (Phi) is 3.98. The molecule has 1 heterocycles. The molecule has 0 N–H and O–H groups in total. The number of hydrogen-bond donors (Lipinski definition) is 0. The molecule has 0 spiro atoms. The van der Waals surface area contributed by atoms with Gasteiger partial charge in [-0.2, -0.15) is 0 Å². The summed E-state index contributed by atoms with van der Waals surface area (Å²) in [5.74, 6) is 1.66. The van der Waals surface area contributed by atoms with E-state index >= 15 is 0 Å². The molecule has 0 bridgehead atoms. The molecule has 0 saturated carbocycles. The predicted octanol–water partition coefficient (Wildman–Crippen LogP) is 4.48. The fourth-order valence-electron chi connectivity index (χ4n) is 2.66. The first-order valence-electron chi connectivity index (χ1n) is 7.25. The largest absolute Gasteiger partial charge is 0.323 e. The second kappa shape index (κ2) is 5.90. The summed E-state index contributed by atoms with van der Waals surface area (Å²) < 4.78 is 2.29. The quantitative estimate of drug-likeness (QED) is 0.649. The van der Waals surface area contributed by atoms with E-state index in [0.29, 0.717) is 5.88 Å². The van der Waals surface area contributed by atoms with Crippen molar-refractivity contribution in [3.63, 3.8) is 0 Å². The van der Waals surface area contributed by atoms with Crippen molar-refractivity contribution >= 4 is 22.6 Å². The first kappa shape index (κ1) is 14.2. The van der Waals surface area contributed by atoms with Crippen LogP contribution in [0.25, 0.3) is 11.0 Å². The number of rotatable bonds is 4. The van der Waals surface area contributed by atoms with Crippen LogP contribution in [0.15, 0.2) is 42.5 Å². The molecule has 108 valence electrons. The van der Waals surface area contributed by atoms with E-state index in [9.17, 15) is 0 Å². The number of alkyl halides is 1. The Hall–Kier alpha value is -1.80. The van der Waals surface area contributed by atoms with E-state index < -0.39 is 0 Å². The molecule has 0 atom stereocenters. The van der Waals surface area contributed by atoms with Crippen molar-refractivity contribution in [1.29, 1.82) is 0 Å². The molecular weight excluding hydrogens is 280 g/mol. The van der Waals surface area contributed by atoms with Crippen LogP contribution in [0.4, 0.5) is 0 Å². The van der Waals surface area contributed by atoms with E-state index in [1.165, 1.54) is 22.2 Å². The van der Waals surface area contributed by atoms with E-state index in [4.69, 9.17) is 16.6 Å². The Morgan fingerprint density at radius 2 is 1.81 bits per heavy atom. The third-order valence-electron chi connectivity index (χ3n) is 3.84. The lowest BCUT2D eigenvalue weighted by atomic mass is 10.1. The predicted molar refractivity (Wildman–Crippen MR) is 89.2 cm³/mol. The van der Waals surface area contributed by atoms with Gasteiger partial charge in [-0.3, -0.25) is 0 Å². The lowest BCUT2D eigenvalue weighted by molar-refractivity contribution is 0.754. The normalized spacial score (nSPS) is 11.2. The number of halogens is 1. The summed E-state index contributed by atoms with van der Waals surface area (Å²) in [5.41, 5.74) is 6.06. The summed E-state index contributed by atoms with van der Waals surface area (Å²) >= 11 is 5.95. The van der Waals surface area contributed by atoms with Crippen LogP contribution in [0, 0.1) is 13.8 Å². The van der Waals surface area contributed by atoms with Crippen LogP contribution in [0.3, 0.4) is 0 Å². The Morgan fingerprint density at radius 3 is 2.52 bits per heavy atom. The van der Waals surface area contributed by atoms with Crippen molar-refractivity contribution in [3.05, 3.63) is 65.0 Å². The number of benzene rings is 2. The highest BCUT2D eigenvalue weighted by atomic mass is 35.5. The van der Waals surface area contributed by atoms with Gasteiger partial charge in [0.05, 0.1) is 11.0 Å². The van der Waals surface area contributed by atoms with E-state index in [1.807, 2.05) is 0 Å². The minimum atomic E-state index is 0.594. The van der Waals surface area contributed by atoms with Crippen LogP contribution in [-0.4, -0.2) is 15.4 Å². The van der Waals surface area contributed by atoms with E-state index in [0.717, 1.165) is 24.3 Å². The van der Waals surface area contributed by atoms with Gasteiger partial charge in [0.1, 0.15) is 5.82 Å². The maximum atomic E-state index is 5.95. The van der Waals surface area contributed by atoms with Crippen LogP contribution in [0.1, 0.15) is 22.5 Å². The summed E-state index contributed by atoms with van der Waals surface area (Å²) in [6.07, 6.45) is 0.793. The molecule has 0 saturated heterocycles. The van der Waals surface area contributed by atoms with Crippen molar-refractivity contribution in [2.75, 3.05) is 5.88 Å². The van der Waals surface area contributed by atoms with Gasteiger partial charge >= 0.3 is 0 Å². The Labute approximate surface area is 130 Å². The summed E-state index contributed by atoms with van der Waals surface area (Å²) in [7, 11) is 0. The van der Waals surface area contributed by atoms with Gasteiger partial charge in [-0.15, -0.1) is 11.6 Å². The van der Waals surface area contributed by atoms with Crippen molar-refractivity contribution in [2.24, 2.45) is 0 Å². The fourth-order valence-corrected chi connectivity index (χ4v) is 2.83. The SMILES string of the molecule is Cc1ccc(Cn2c(CCCl)nc3c(C)cccc32)cc1. The number of fused-ring (bicyclic) bond motifs is 1. The third kappa shape index (κ3) is 2.81. The van der Waals surface area contributed by atoms with Gasteiger partial charge in [0, 0.05) is 18.8 Å². The number of hydrogen-bond acceptors (Lipinski definition) is 1. The molecule has 3 heteroatoms. The Bertz CT molecular complexity index is 757. The highest BCUT2D eigenvalue weighted by Gasteiger charge is 2.12. The van der Waals surface area contributed by atoms with Gasteiger partial charge in [0.2, 0.25) is 0 Å². The summed E-state index contributed by atoms with van der Waals surface area (Å²) in [6.45, 7) is 5.06. The number of aromatic nitrogens is 2. The molecule has 0 radical (unpaired) electrons. The van der Waals surface area contributed by atoms with Crippen LogP contribution in [0.2, 0.25) is 0 Å². The second-order valence-corrected chi connectivity index (χ2v) is 5.86. The van der Waals surface area contributed by atoms with Crippen LogP contribution in [-0.2, 0) is 13.0 Å². The smallest absolute Gasteiger partial charge is 0.111 e. The van der Waals surface area contributed by atoms with Gasteiger partial charge in [-0.05, 0) is 31.0 Å². The van der Waals surface area contributed by atoms with Crippen molar-refractivity contribution in [1.82, 2.24) is 9.55 Å². The lowest BCUT2D eigenvalue weighted by Crippen LogP contribution is -2.06. The Morgan fingerprint density at radius 1 is 1.05 bits per heavy atom. The molecule has 3 aromatic rings. The first-order valence-corrected chi connectivity index (χ1v) is 7.78. The molecule has 0 amide bonds. The number of para-hydroxylation sites is 1. The molecule has 0 fully saturated rings. The van der Waals surface area contributed by atoms with Crippen molar-refractivity contribution < 1.29 is 0 Å². The molecule has 0 aliphatic rings. The maximum Gasteiger partial charge on any atom is 0.111 e. The molecule has 1 aromatic heterocycles. The monoisotopic (exact) mass is 298 g/mol. The molecule has 3 rings (SSSR count). The van der Waals surface area contributed by atoms with Crippen LogP contribution < -0.4 is 0 Å². The van der Waals surface area contributed by atoms with Gasteiger partial charge in [0.15, 0.2) is 0 Å².